The van der Waals surface area contributed by atoms with Gasteiger partial charge in [0.25, 0.3) is 0 Å². The molecule has 0 aliphatic heterocycles. The molecular weight excluding hydrogens is 276 g/mol. The Hall–Kier alpha value is -1.50. The minimum atomic E-state index is -3.57. The lowest BCUT2D eigenvalue weighted by atomic mass is 10.1. The summed E-state index contributed by atoms with van der Waals surface area (Å²) < 4.78 is 27.3. The summed E-state index contributed by atoms with van der Waals surface area (Å²) in [7, 11) is -3.57. The fraction of sp³-hybridized carbons (Fsp3) is 0.357. The first-order valence-electron chi connectivity index (χ1n) is 6.49. The van der Waals surface area contributed by atoms with E-state index in [0.29, 0.717) is 23.9 Å². The zero-order valence-electron chi connectivity index (χ0n) is 11.3. The van der Waals surface area contributed by atoms with Crippen LogP contribution in [0.4, 0.5) is 0 Å². The third-order valence-corrected chi connectivity index (χ3v) is 4.62. The van der Waals surface area contributed by atoms with Gasteiger partial charge >= 0.3 is 0 Å². The van der Waals surface area contributed by atoms with Crippen molar-refractivity contribution in [3.05, 3.63) is 36.5 Å². The van der Waals surface area contributed by atoms with E-state index in [0.717, 1.165) is 0 Å². The number of rotatable bonds is 6. The van der Waals surface area contributed by atoms with E-state index in [1.165, 1.54) is 0 Å². The summed E-state index contributed by atoms with van der Waals surface area (Å²) in [4.78, 5) is 4.39. The van der Waals surface area contributed by atoms with Crippen molar-refractivity contribution in [3.63, 3.8) is 0 Å². The molecule has 0 amide bonds. The van der Waals surface area contributed by atoms with Crippen LogP contribution in [-0.4, -0.2) is 31.7 Å². The Kier molecular flexibility index (Phi) is 4.69. The van der Waals surface area contributed by atoms with Crippen molar-refractivity contribution >= 4 is 20.9 Å². The highest BCUT2D eigenvalue weighted by molar-refractivity contribution is 7.89. The Morgan fingerprint density at radius 1 is 1.30 bits per heavy atom. The Morgan fingerprint density at radius 3 is 2.85 bits per heavy atom. The molecule has 1 unspecified atom stereocenters. The number of nitrogens with zero attached hydrogens (tertiary/aromatic N) is 1. The van der Waals surface area contributed by atoms with Gasteiger partial charge in [-0.05, 0) is 36.6 Å². The summed E-state index contributed by atoms with van der Waals surface area (Å²) in [5.74, 6) is 0.0860. The number of hydrogen-bond acceptors (Lipinski definition) is 4. The molecule has 0 aliphatic rings. The number of sulfonamides is 1. The standard InChI is InChI=1S/C14H18N2O3S/c1-11(7-9-17)10-16-20(18,19)14-6-2-5-13-12(14)4-3-8-15-13/h2-6,8,11,16-17H,7,9-10H2,1H3. The first-order chi connectivity index (χ1) is 9.54. The maximum atomic E-state index is 12.4. The molecule has 0 saturated heterocycles. The Balaban J connectivity index is 2.28. The van der Waals surface area contributed by atoms with Gasteiger partial charge in [0.15, 0.2) is 0 Å². The number of aliphatic hydroxyl groups excluding tert-OH is 1. The molecule has 0 saturated carbocycles. The fourth-order valence-electron chi connectivity index (χ4n) is 1.96. The molecule has 5 nitrogen and oxygen atoms in total. The highest BCUT2D eigenvalue weighted by Gasteiger charge is 2.18. The predicted octanol–water partition coefficient (Wildman–Crippen LogP) is 1.53. The van der Waals surface area contributed by atoms with Gasteiger partial charge < -0.3 is 5.11 Å². The first kappa shape index (κ1) is 14.9. The number of nitrogens with one attached hydrogen (secondary N) is 1. The van der Waals surface area contributed by atoms with E-state index in [1.54, 1.807) is 36.5 Å². The summed E-state index contributed by atoms with van der Waals surface area (Å²) in [5.41, 5.74) is 0.652. The molecule has 0 radical (unpaired) electrons. The molecule has 1 atom stereocenters. The molecule has 2 rings (SSSR count). The summed E-state index contributed by atoms with van der Waals surface area (Å²) in [6, 6.07) is 8.50. The minimum Gasteiger partial charge on any atom is -0.396 e. The van der Waals surface area contributed by atoms with Crippen molar-refractivity contribution in [2.24, 2.45) is 5.92 Å². The van der Waals surface area contributed by atoms with Crippen LogP contribution in [0.5, 0.6) is 0 Å². The maximum absolute atomic E-state index is 12.4. The molecule has 20 heavy (non-hydrogen) atoms. The van der Waals surface area contributed by atoms with E-state index < -0.39 is 10.0 Å². The first-order valence-corrected chi connectivity index (χ1v) is 7.97. The van der Waals surface area contributed by atoms with Crippen molar-refractivity contribution in [3.8, 4) is 0 Å². The second-order valence-corrected chi connectivity index (χ2v) is 6.53. The molecule has 1 aromatic heterocycles. The smallest absolute Gasteiger partial charge is 0.241 e. The molecule has 1 heterocycles. The second kappa shape index (κ2) is 6.30. The van der Waals surface area contributed by atoms with Crippen molar-refractivity contribution in [2.75, 3.05) is 13.2 Å². The van der Waals surface area contributed by atoms with E-state index >= 15 is 0 Å². The fourth-order valence-corrected chi connectivity index (χ4v) is 3.34. The number of pyridine rings is 1. The molecular formula is C14H18N2O3S. The number of aromatic nitrogens is 1. The van der Waals surface area contributed by atoms with Crippen molar-refractivity contribution in [2.45, 2.75) is 18.2 Å². The van der Waals surface area contributed by atoms with Crippen LogP contribution in [-0.2, 0) is 10.0 Å². The van der Waals surface area contributed by atoms with Gasteiger partial charge in [-0.2, -0.15) is 0 Å². The van der Waals surface area contributed by atoms with E-state index in [4.69, 9.17) is 5.11 Å². The van der Waals surface area contributed by atoms with Crippen molar-refractivity contribution < 1.29 is 13.5 Å². The van der Waals surface area contributed by atoms with Crippen LogP contribution in [0.25, 0.3) is 10.9 Å². The van der Waals surface area contributed by atoms with Gasteiger partial charge in [-0.25, -0.2) is 13.1 Å². The lowest BCUT2D eigenvalue weighted by Crippen LogP contribution is -2.29. The summed E-state index contributed by atoms with van der Waals surface area (Å²) >= 11 is 0. The zero-order chi connectivity index (χ0) is 14.6. The van der Waals surface area contributed by atoms with Crippen LogP contribution in [0, 0.1) is 5.92 Å². The number of hydrogen-bond donors (Lipinski definition) is 2. The van der Waals surface area contributed by atoms with Gasteiger partial charge in [0.2, 0.25) is 10.0 Å². The average Bonchev–Trinajstić information content (AvgIpc) is 2.45. The highest BCUT2D eigenvalue weighted by Crippen LogP contribution is 2.21. The lowest BCUT2D eigenvalue weighted by Gasteiger charge is -2.12. The summed E-state index contributed by atoms with van der Waals surface area (Å²) in [5, 5.41) is 9.45. The Morgan fingerprint density at radius 2 is 2.10 bits per heavy atom. The molecule has 0 aliphatic carbocycles. The van der Waals surface area contributed by atoms with E-state index in [-0.39, 0.29) is 17.4 Å². The van der Waals surface area contributed by atoms with Gasteiger partial charge in [-0.3, -0.25) is 4.98 Å². The quantitative estimate of drug-likeness (QED) is 0.847. The molecule has 0 fully saturated rings. The third kappa shape index (κ3) is 3.33. The average molecular weight is 294 g/mol. The Labute approximate surface area is 118 Å². The molecule has 0 bridgehead atoms. The number of aliphatic hydroxyl groups is 1. The highest BCUT2D eigenvalue weighted by atomic mass is 32.2. The monoisotopic (exact) mass is 294 g/mol. The van der Waals surface area contributed by atoms with Crippen LogP contribution in [0.3, 0.4) is 0 Å². The summed E-state index contributed by atoms with van der Waals surface area (Å²) in [6.07, 6.45) is 2.20. The predicted molar refractivity (Wildman–Crippen MR) is 77.8 cm³/mol. The SMILES string of the molecule is CC(CCO)CNS(=O)(=O)c1cccc2ncccc12. The number of fused-ring (bicyclic) bond motifs is 1. The summed E-state index contributed by atoms with van der Waals surface area (Å²) in [6.45, 7) is 2.25. The maximum Gasteiger partial charge on any atom is 0.241 e. The third-order valence-electron chi connectivity index (χ3n) is 3.14. The van der Waals surface area contributed by atoms with Crippen LogP contribution in [0.2, 0.25) is 0 Å². The lowest BCUT2D eigenvalue weighted by molar-refractivity contribution is 0.263. The molecule has 6 heteroatoms. The molecule has 0 spiro atoms. The van der Waals surface area contributed by atoms with Crippen LogP contribution in [0.15, 0.2) is 41.4 Å². The molecule has 1 aromatic carbocycles. The Bertz CT molecular complexity index is 680. The minimum absolute atomic E-state index is 0.0566. The van der Waals surface area contributed by atoms with Gasteiger partial charge in [-0.1, -0.05) is 13.0 Å². The topological polar surface area (TPSA) is 79.3 Å². The molecule has 2 N–H and O–H groups in total. The van der Waals surface area contributed by atoms with Crippen molar-refractivity contribution in [1.29, 1.82) is 0 Å². The second-order valence-electron chi connectivity index (χ2n) is 4.80. The van der Waals surface area contributed by atoms with Crippen LogP contribution < -0.4 is 4.72 Å². The van der Waals surface area contributed by atoms with Crippen LogP contribution >= 0.6 is 0 Å². The van der Waals surface area contributed by atoms with Gasteiger partial charge in [0.05, 0.1) is 10.4 Å². The molecule has 2 aromatic rings. The van der Waals surface area contributed by atoms with E-state index in [9.17, 15) is 8.42 Å². The van der Waals surface area contributed by atoms with Gasteiger partial charge in [0.1, 0.15) is 0 Å². The number of benzene rings is 1. The van der Waals surface area contributed by atoms with Crippen LogP contribution in [0.1, 0.15) is 13.3 Å². The zero-order valence-corrected chi connectivity index (χ0v) is 12.1. The molecule has 108 valence electrons. The van der Waals surface area contributed by atoms with Gasteiger partial charge in [0, 0.05) is 24.7 Å². The van der Waals surface area contributed by atoms with Crippen molar-refractivity contribution in [1.82, 2.24) is 9.71 Å². The largest absolute Gasteiger partial charge is 0.396 e. The van der Waals surface area contributed by atoms with E-state index in [2.05, 4.69) is 9.71 Å². The normalized spacial score (nSPS) is 13.5. The van der Waals surface area contributed by atoms with E-state index in [1.807, 2.05) is 6.92 Å². The van der Waals surface area contributed by atoms with Gasteiger partial charge in [-0.15, -0.1) is 0 Å².